The number of para-hydroxylation sites is 1. The minimum absolute atomic E-state index is 0.214. The molecule has 0 aliphatic carbocycles. The molecule has 106 valence electrons. The summed E-state index contributed by atoms with van der Waals surface area (Å²) in [5.41, 5.74) is 2.17. The SMILES string of the molecule is OCCCNCc1ccccc1OCc1cccnc1. The number of aliphatic hydroxyl groups is 1. The first-order valence-electron chi connectivity index (χ1n) is 6.81. The standard InChI is InChI=1S/C16H20N2O2/c19-10-4-9-18-12-15-6-1-2-7-16(15)20-13-14-5-3-8-17-11-14/h1-3,5-8,11,18-19H,4,9-10,12-13H2. The van der Waals surface area contributed by atoms with Crippen LogP contribution in [0.1, 0.15) is 17.5 Å². The maximum Gasteiger partial charge on any atom is 0.124 e. The Morgan fingerprint density at radius 3 is 2.85 bits per heavy atom. The molecular formula is C16H20N2O2. The van der Waals surface area contributed by atoms with Crippen molar-refractivity contribution >= 4 is 0 Å². The van der Waals surface area contributed by atoms with Gasteiger partial charge < -0.3 is 15.2 Å². The highest BCUT2D eigenvalue weighted by Gasteiger charge is 2.03. The van der Waals surface area contributed by atoms with Crippen LogP contribution in [-0.4, -0.2) is 23.2 Å². The first-order chi connectivity index (χ1) is 9.90. The highest BCUT2D eigenvalue weighted by molar-refractivity contribution is 5.33. The topological polar surface area (TPSA) is 54.4 Å². The van der Waals surface area contributed by atoms with Gasteiger partial charge in [0.25, 0.3) is 0 Å². The lowest BCUT2D eigenvalue weighted by molar-refractivity contribution is 0.285. The second kappa shape index (κ2) is 8.30. The van der Waals surface area contributed by atoms with Gasteiger partial charge in [-0.1, -0.05) is 24.3 Å². The van der Waals surface area contributed by atoms with Crippen LogP contribution in [0.4, 0.5) is 0 Å². The van der Waals surface area contributed by atoms with E-state index in [0.717, 1.165) is 36.4 Å². The molecule has 2 aromatic rings. The van der Waals surface area contributed by atoms with Gasteiger partial charge in [-0.2, -0.15) is 0 Å². The number of benzene rings is 1. The number of ether oxygens (including phenoxy) is 1. The van der Waals surface area contributed by atoms with Crippen molar-refractivity contribution < 1.29 is 9.84 Å². The lowest BCUT2D eigenvalue weighted by Crippen LogP contribution is -2.16. The van der Waals surface area contributed by atoms with E-state index in [2.05, 4.69) is 10.3 Å². The molecule has 0 aliphatic heterocycles. The molecule has 2 rings (SSSR count). The maximum absolute atomic E-state index is 8.76. The van der Waals surface area contributed by atoms with E-state index in [4.69, 9.17) is 9.84 Å². The smallest absolute Gasteiger partial charge is 0.124 e. The zero-order valence-corrected chi connectivity index (χ0v) is 11.5. The van der Waals surface area contributed by atoms with Gasteiger partial charge in [0.2, 0.25) is 0 Å². The van der Waals surface area contributed by atoms with Gasteiger partial charge in [0, 0.05) is 36.7 Å². The van der Waals surface area contributed by atoms with Gasteiger partial charge in [-0.15, -0.1) is 0 Å². The van der Waals surface area contributed by atoms with E-state index < -0.39 is 0 Å². The van der Waals surface area contributed by atoms with Crippen LogP contribution in [0.25, 0.3) is 0 Å². The van der Waals surface area contributed by atoms with Crippen molar-refractivity contribution in [3.05, 3.63) is 59.9 Å². The van der Waals surface area contributed by atoms with Crippen molar-refractivity contribution in [2.24, 2.45) is 0 Å². The molecule has 0 saturated heterocycles. The molecule has 0 radical (unpaired) electrons. The zero-order valence-electron chi connectivity index (χ0n) is 11.5. The molecule has 4 nitrogen and oxygen atoms in total. The molecule has 0 fully saturated rings. The summed E-state index contributed by atoms with van der Waals surface area (Å²) < 4.78 is 5.85. The largest absolute Gasteiger partial charge is 0.489 e. The molecule has 0 bridgehead atoms. The lowest BCUT2D eigenvalue weighted by atomic mass is 10.2. The first-order valence-corrected chi connectivity index (χ1v) is 6.81. The minimum atomic E-state index is 0.214. The van der Waals surface area contributed by atoms with Crippen LogP contribution in [-0.2, 0) is 13.2 Å². The third-order valence-electron chi connectivity index (χ3n) is 2.92. The predicted octanol–water partition coefficient (Wildman–Crippen LogP) is 2.13. The molecule has 0 spiro atoms. The molecular weight excluding hydrogens is 252 g/mol. The summed E-state index contributed by atoms with van der Waals surface area (Å²) in [5.74, 6) is 0.882. The van der Waals surface area contributed by atoms with E-state index in [1.54, 1.807) is 6.20 Å². The quantitative estimate of drug-likeness (QED) is 0.723. The van der Waals surface area contributed by atoms with Gasteiger partial charge in [0.05, 0.1) is 0 Å². The summed E-state index contributed by atoms with van der Waals surface area (Å²) in [5, 5.41) is 12.0. The van der Waals surface area contributed by atoms with Crippen LogP contribution in [0.5, 0.6) is 5.75 Å². The summed E-state index contributed by atoms with van der Waals surface area (Å²) in [7, 11) is 0. The third kappa shape index (κ3) is 4.64. The number of hydrogen-bond donors (Lipinski definition) is 2. The Morgan fingerprint density at radius 2 is 2.05 bits per heavy atom. The van der Waals surface area contributed by atoms with Crippen molar-refractivity contribution in [2.75, 3.05) is 13.2 Å². The summed E-state index contributed by atoms with van der Waals surface area (Å²) in [4.78, 5) is 4.07. The average Bonchev–Trinajstić information content (AvgIpc) is 2.51. The fraction of sp³-hybridized carbons (Fsp3) is 0.312. The fourth-order valence-corrected chi connectivity index (χ4v) is 1.86. The van der Waals surface area contributed by atoms with Gasteiger partial charge >= 0.3 is 0 Å². The highest BCUT2D eigenvalue weighted by Crippen LogP contribution is 2.19. The number of nitrogens with zero attached hydrogens (tertiary/aromatic N) is 1. The second-order valence-electron chi connectivity index (χ2n) is 4.51. The maximum atomic E-state index is 8.76. The summed E-state index contributed by atoms with van der Waals surface area (Å²) >= 11 is 0. The van der Waals surface area contributed by atoms with Crippen LogP contribution in [0, 0.1) is 0 Å². The second-order valence-corrected chi connectivity index (χ2v) is 4.51. The third-order valence-corrected chi connectivity index (χ3v) is 2.92. The molecule has 0 aliphatic rings. The van der Waals surface area contributed by atoms with Crippen molar-refractivity contribution in [3.63, 3.8) is 0 Å². The number of nitrogens with one attached hydrogen (secondary N) is 1. The molecule has 1 aromatic heterocycles. The fourth-order valence-electron chi connectivity index (χ4n) is 1.86. The normalized spacial score (nSPS) is 10.4. The number of pyridine rings is 1. The van der Waals surface area contributed by atoms with Crippen molar-refractivity contribution in [1.29, 1.82) is 0 Å². The molecule has 0 saturated carbocycles. The van der Waals surface area contributed by atoms with Gasteiger partial charge in [0.1, 0.15) is 12.4 Å². The Morgan fingerprint density at radius 1 is 1.15 bits per heavy atom. The molecule has 0 amide bonds. The minimum Gasteiger partial charge on any atom is -0.489 e. The van der Waals surface area contributed by atoms with E-state index in [1.807, 2.05) is 42.6 Å². The number of aromatic nitrogens is 1. The Kier molecular flexibility index (Phi) is 6.02. The molecule has 20 heavy (non-hydrogen) atoms. The van der Waals surface area contributed by atoms with E-state index in [1.165, 1.54) is 0 Å². The summed E-state index contributed by atoms with van der Waals surface area (Å²) in [6.07, 6.45) is 4.32. The summed E-state index contributed by atoms with van der Waals surface area (Å²) in [6, 6.07) is 11.9. The van der Waals surface area contributed by atoms with Crippen LogP contribution in [0.2, 0.25) is 0 Å². The van der Waals surface area contributed by atoms with Crippen molar-refractivity contribution in [2.45, 2.75) is 19.6 Å². The van der Waals surface area contributed by atoms with E-state index in [0.29, 0.717) is 6.61 Å². The molecule has 0 unspecified atom stereocenters. The molecule has 1 aromatic carbocycles. The van der Waals surface area contributed by atoms with E-state index in [-0.39, 0.29) is 6.61 Å². The number of aliphatic hydroxyl groups excluding tert-OH is 1. The van der Waals surface area contributed by atoms with Gasteiger partial charge in [0.15, 0.2) is 0 Å². The van der Waals surface area contributed by atoms with Crippen molar-refractivity contribution in [3.8, 4) is 5.75 Å². The van der Waals surface area contributed by atoms with Gasteiger partial charge in [-0.25, -0.2) is 0 Å². The van der Waals surface area contributed by atoms with Crippen LogP contribution in [0.3, 0.4) is 0 Å². The molecule has 2 N–H and O–H groups in total. The zero-order chi connectivity index (χ0) is 14.0. The average molecular weight is 272 g/mol. The predicted molar refractivity (Wildman–Crippen MR) is 78.4 cm³/mol. The number of hydrogen-bond acceptors (Lipinski definition) is 4. The Hall–Kier alpha value is -1.91. The Labute approximate surface area is 119 Å². The molecule has 0 atom stereocenters. The monoisotopic (exact) mass is 272 g/mol. The number of rotatable bonds is 8. The molecule has 4 heteroatoms. The van der Waals surface area contributed by atoms with Crippen LogP contribution >= 0.6 is 0 Å². The van der Waals surface area contributed by atoms with Gasteiger partial charge in [-0.05, 0) is 25.1 Å². The van der Waals surface area contributed by atoms with Crippen molar-refractivity contribution in [1.82, 2.24) is 10.3 Å². The first kappa shape index (κ1) is 14.5. The lowest BCUT2D eigenvalue weighted by Gasteiger charge is -2.12. The van der Waals surface area contributed by atoms with Gasteiger partial charge in [-0.3, -0.25) is 4.98 Å². The van der Waals surface area contributed by atoms with E-state index >= 15 is 0 Å². The highest BCUT2D eigenvalue weighted by atomic mass is 16.5. The summed E-state index contributed by atoms with van der Waals surface area (Å²) in [6.45, 7) is 2.27. The van der Waals surface area contributed by atoms with Crippen LogP contribution in [0.15, 0.2) is 48.8 Å². The Bertz CT molecular complexity index is 503. The molecule has 1 heterocycles. The van der Waals surface area contributed by atoms with E-state index in [9.17, 15) is 0 Å². The Balaban J connectivity index is 1.90. The van der Waals surface area contributed by atoms with Crippen LogP contribution < -0.4 is 10.1 Å².